The van der Waals surface area contributed by atoms with Crippen LogP contribution >= 0.6 is 11.6 Å². The van der Waals surface area contributed by atoms with Gasteiger partial charge in [0.05, 0.1) is 24.5 Å². The van der Waals surface area contributed by atoms with Crippen molar-refractivity contribution < 1.29 is 23.8 Å². The van der Waals surface area contributed by atoms with Crippen molar-refractivity contribution in [3.05, 3.63) is 29.3 Å². The van der Waals surface area contributed by atoms with E-state index in [2.05, 4.69) is 6.92 Å². The van der Waals surface area contributed by atoms with Gasteiger partial charge in [-0.05, 0) is 18.6 Å². The molecule has 0 fully saturated rings. The summed E-state index contributed by atoms with van der Waals surface area (Å²) in [5.74, 6) is -0.265. The number of unbranched alkanes of at least 4 members (excludes halogenated alkanes) is 3. The van der Waals surface area contributed by atoms with Crippen molar-refractivity contribution in [2.24, 2.45) is 0 Å². The number of carbonyl (C=O) groups excluding carboxylic acids is 2. The highest BCUT2D eigenvalue weighted by Gasteiger charge is 2.09. The third-order valence-corrected chi connectivity index (χ3v) is 3.55. The van der Waals surface area contributed by atoms with Crippen LogP contribution in [-0.4, -0.2) is 31.8 Å². The first kappa shape index (κ1) is 20.3. The van der Waals surface area contributed by atoms with Gasteiger partial charge in [-0.1, -0.05) is 49.9 Å². The van der Waals surface area contributed by atoms with E-state index in [9.17, 15) is 9.59 Å². The van der Waals surface area contributed by atoms with Crippen LogP contribution in [-0.2, 0) is 19.1 Å². The molecule has 0 heterocycles. The lowest BCUT2D eigenvalue weighted by Gasteiger charge is -2.08. The molecule has 0 aliphatic rings. The Balaban J connectivity index is 2.03. The molecule has 0 spiro atoms. The largest absolute Gasteiger partial charge is 0.488 e. The summed E-state index contributed by atoms with van der Waals surface area (Å²) in [5, 5.41) is 0.505. The molecule has 134 valence electrons. The maximum atomic E-state index is 11.5. The van der Waals surface area contributed by atoms with E-state index in [1.54, 1.807) is 24.3 Å². The monoisotopic (exact) mass is 356 g/mol. The molecule has 0 amide bonds. The fourth-order valence-corrected chi connectivity index (χ4v) is 2.12. The van der Waals surface area contributed by atoms with Crippen molar-refractivity contribution in [2.45, 2.75) is 45.4 Å². The van der Waals surface area contributed by atoms with Gasteiger partial charge < -0.3 is 14.2 Å². The maximum absolute atomic E-state index is 11.5. The summed E-state index contributed by atoms with van der Waals surface area (Å²) in [5.41, 5.74) is 0. The minimum atomic E-state index is -0.444. The Kier molecular flexibility index (Phi) is 10.7. The van der Waals surface area contributed by atoms with Crippen molar-refractivity contribution in [3.8, 4) is 5.75 Å². The molecule has 1 aromatic carbocycles. The first-order valence-electron chi connectivity index (χ1n) is 8.32. The number of hydrogen-bond acceptors (Lipinski definition) is 5. The van der Waals surface area contributed by atoms with E-state index < -0.39 is 5.97 Å². The van der Waals surface area contributed by atoms with E-state index in [0.717, 1.165) is 25.7 Å². The van der Waals surface area contributed by atoms with Crippen molar-refractivity contribution >= 4 is 23.5 Å². The molecule has 0 saturated heterocycles. The Morgan fingerprint density at radius 1 is 0.917 bits per heavy atom. The lowest BCUT2D eigenvalue weighted by molar-refractivity contribution is -0.150. The molecule has 0 aliphatic heterocycles. The van der Waals surface area contributed by atoms with Crippen LogP contribution in [0.5, 0.6) is 5.75 Å². The molecule has 0 aliphatic carbocycles. The highest BCUT2D eigenvalue weighted by atomic mass is 35.5. The minimum absolute atomic E-state index is 0.0138. The summed E-state index contributed by atoms with van der Waals surface area (Å²) in [6.45, 7) is 2.85. The van der Waals surface area contributed by atoms with Crippen LogP contribution in [0, 0.1) is 0 Å². The first-order valence-corrected chi connectivity index (χ1v) is 8.70. The first-order chi connectivity index (χ1) is 11.6. The summed E-state index contributed by atoms with van der Waals surface area (Å²) in [7, 11) is 0. The Labute approximate surface area is 148 Å². The molecule has 24 heavy (non-hydrogen) atoms. The van der Waals surface area contributed by atoms with E-state index in [4.69, 9.17) is 25.8 Å². The van der Waals surface area contributed by atoms with Gasteiger partial charge in [-0.15, -0.1) is 0 Å². The zero-order chi connectivity index (χ0) is 17.6. The van der Waals surface area contributed by atoms with Crippen LogP contribution in [0.3, 0.4) is 0 Å². The van der Waals surface area contributed by atoms with Crippen LogP contribution in [0.1, 0.15) is 45.4 Å². The predicted octanol–water partition coefficient (Wildman–Crippen LogP) is 4.17. The average molecular weight is 357 g/mol. The number of halogens is 1. The quantitative estimate of drug-likeness (QED) is 0.415. The van der Waals surface area contributed by atoms with Gasteiger partial charge in [-0.25, -0.2) is 0 Å². The molecule has 0 bridgehead atoms. The second-order valence-electron chi connectivity index (χ2n) is 5.28. The third-order valence-electron chi connectivity index (χ3n) is 3.23. The number of carbonyl (C=O) groups is 2. The normalized spacial score (nSPS) is 10.2. The smallest absolute Gasteiger partial charge is 0.306 e. The number of benzene rings is 1. The topological polar surface area (TPSA) is 61.8 Å². The van der Waals surface area contributed by atoms with Crippen molar-refractivity contribution in [1.29, 1.82) is 0 Å². The SMILES string of the molecule is CCCCCCOC(=O)CCC(=O)OCCOc1ccccc1Cl. The summed E-state index contributed by atoms with van der Waals surface area (Å²) in [6.07, 6.45) is 4.25. The predicted molar refractivity (Wildman–Crippen MR) is 92.2 cm³/mol. The maximum Gasteiger partial charge on any atom is 0.306 e. The lowest BCUT2D eigenvalue weighted by atomic mass is 10.2. The Bertz CT molecular complexity index is 504. The molecule has 0 aromatic heterocycles. The van der Waals surface area contributed by atoms with Crippen molar-refractivity contribution in [1.82, 2.24) is 0 Å². The van der Waals surface area contributed by atoms with Gasteiger partial charge in [0.15, 0.2) is 0 Å². The Morgan fingerprint density at radius 3 is 2.25 bits per heavy atom. The average Bonchev–Trinajstić information content (AvgIpc) is 2.58. The molecular formula is C18H25ClO5. The highest BCUT2D eigenvalue weighted by Crippen LogP contribution is 2.22. The number of ether oxygens (including phenoxy) is 3. The van der Waals surface area contributed by atoms with Gasteiger partial charge >= 0.3 is 11.9 Å². The zero-order valence-electron chi connectivity index (χ0n) is 14.1. The number of rotatable bonds is 12. The Hall–Kier alpha value is -1.75. The Morgan fingerprint density at radius 2 is 1.58 bits per heavy atom. The zero-order valence-corrected chi connectivity index (χ0v) is 14.8. The molecule has 6 heteroatoms. The van der Waals surface area contributed by atoms with E-state index in [1.807, 2.05) is 0 Å². The van der Waals surface area contributed by atoms with Crippen LogP contribution < -0.4 is 4.74 Å². The van der Waals surface area contributed by atoms with Crippen LogP contribution in [0.2, 0.25) is 5.02 Å². The van der Waals surface area contributed by atoms with Gasteiger partial charge in [0.25, 0.3) is 0 Å². The molecule has 0 radical (unpaired) electrons. The van der Waals surface area contributed by atoms with Crippen LogP contribution in [0.15, 0.2) is 24.3 Å². The van der Waals surface area contributed by atoms with Gasteiger partial charge in [-0.3, -0.25) is 9.59 Å². The summed E-state index contributed by atoms with van der Waals surface area (Å²) in [4.78, 5) is 23.0. The minimum Gasteiger partial charge on any atom is -0.488 e. The standard InChI is InChI=1S/C18H25ClO5/c1-2-3-4-7-12-23-17(20)10-11-18(21)24-14-13-22-16-9-6-5-8-15(16)19/h5-6,8-9H,2-4,7,10-14H2,1H3. The summed E-state index contributed by atoms with van der Waals surface area (Å²) >= 11 is 5.94. The van der Waals surface area contributed by atoms with Gasteiger partial charge in [-0.2, -0.15) is 0 Å². The lowest BCUT2D eigenvalue weighted by Crippen LogP contribution is -2.14. The third kappa shape index (κ3) is 9.40. The second-order valence-corrected chi connectivity index (χ2v) is 5.69. The van der Waals surface area contributed by atoms with E-state index in [1.165, 1.54) is 0 Å². The molecule has 1 rings (SSSR count). The fourth-order valence-electron chi connectivity index (χ4n) is 1.93. The van der Waals surface area contributed by atoms with Crippen molar-refractivity contribution in [3.63, 3.8) is 0 Å². The summed E-state index contributed by atoms with van der Waals surface area (Å²) in [6, 6.07) is 7.07. The van der Waals surface area contributed by atoms with Crippen LogP contribution in [0.25, 0.3) is 0 Å². The fraction of sp³-hybridized carbons (Fsp3) is 0.556. The van der Waals surface area contributed by atoms with Gasteiger partial charge in [0, 0.05) is 0 Å². The molecule has 5 nitrogen and oxygen atoms in total. The molecule has 0 N–H and O–H groups in total. The second kappa shape index (κ2) is 12.6. The summed E-state index contributed by atoms with van der Waals surface area (Å²) < 4.78 is 15.4. The highest BCUT2D eigenvalue weighted by molar-refractivity contribution is 6.32. The number of esters is 2. The van der Waals surface area contributed by atoms with Gasteiger partial charge in [0.2, 0.25) is 0 Å². The molecule has 1 aromatic rings. The van der Waals surface area contributed by atoms with Crippen LogP contribution in [0.4, 0.5) is 0 Å². The van der Waals surface area contributed by atoms with E-state index in [0.29, 0.717) is 17.4 Å². The number of para-hydroxylation sites is 1. The molecular weight excluding hydrogens is 332 g/mol. The van der Waals surface area contributed by atoms with Gasteiger partial charge in [0.1, 0.15) is 19.0 Å². The van der Waals surface area contributed by atoms with E-state index >= 15 is 0 Å². The van der Waals surface area contributed by atoms with E-state index in [-0.39, 0.29) is 32.0 Å². The molecule has 0 unspecified atom stereocenters. The number of hydrogen-bond donors (Lipinski definition) is 0. The molecule has 0 atom stereocenters. The molecule has 0 saturated carbocycles. The van der Waals surface area contributed by atoms with Crippen molar-refractivity contribution in [2.75, 3.05) is 19.8 Å².